The maximum atomic E-state index is 13.6. The highest BCUT2D eigenvalue weighted by atomic mass is 35.5. The second-order valence-electron chi connectivity index (χ2n) is 8.15. The number of fused-ring (bicyclic) bond motifs is 2. The van der Waals surface area contributed by atoms with Crippen molar-refractivity contribution in [3.8, 4) is 17.6 Å². The van der Waals surface area contributed by atoms with Crippen LogP contribution in [0.2, 0.25) is 5.02 Å². The number of methoxy groups -OCH3 is 1. The summed E-state index contributed by atoms with van der Waals surface area (Å²) in [6, 6.07) is 7.00. The molecular formula is C23H26ClFN6O2. The lowest BCUT2D eigenvalue weighted by atomic mass is 9.92. The van der Waals surface area contributed by atoms with Gasteiger partial charge in [-0.05, 0) is 49.7 Å². The normalized spacial score (nSPS) is 24.9. The van der Waals surface area contributed by atoms with Crippen LogP contribution in [0.3, 0.4) is 0 Å². The van der Waals surface area contributed by atoms with Crippen molar-refractivity contribution >= 4 is 23.2 Å². The number of aromatic nitrogens is 4. The zero-order valence-electron chi connectivity index (χ0n) is 22.8. The number of rotatable bonds is 7. The number of halogens is 2. The molecule has 2 aliphatic rings. The summed E-state index contributed by atoms with van der Waals surface area (Å²) < 4.78 is 64.6. The molecule has 1 N–H and O–H groups in total. The standard InChI is InChI=1S/C23H26ClFN6O2/c1-3-31-23(33-17-6-7-19(25)18(24)11-17)28-22(29-31)27-21-14-4-5-15(21)13-30(12-14)16-8-9-26-20(10-16)32-2/h6-11,14-15,21H,3-5,12-13H2,1-2H3,(H,27,29)/t14-,15+,21-/i1D3,3D2. The van der Waals surface area contributed by atoms with E-state index in [1.165, 1.54) is 12.1 Å². The molecule has 8 nitrogen and oxygen atoms in total. The first-order valence-electron chi connectivity index (χ1n) is 13.1. The summed E-state index contributed by atoms with van der Waals surface area (Å²) in [5.74, 6) is 0.483. The first kappa shape index (κ1) is 16.5. The molecule has 10 heteroatoms. The van der Waals surface area contributed by atoms with E-state index >= 15 is 0 Å². The van der Waals surface area contributed by atoms with E-state index in [-0.39, 0.29) is 34.6 Å². The van der Waals surface area contributed by atoms with Crippen molar-refractivity contribution in [1.82, 2.24) is 19.7 Å². The van der Waals surface area contributed by atoms with Gasteiger partial charge in [0.05, 0.1) is 14.9 Å². The summed E-state index contributed by atoms with van der Waals surface area (Å²) in [5, 5.41) is 7.26. The highest BCUT2D eigenvalue weighted by molar-refractivity contribution is 6.30. The number of nitrogens with zero attached hydrogens (tertiary/aromatic N) is 5. The van der Waals surface area contributed by atoms with Gasteiger partial charge in [-0.25, -0.2) is 14.1 Å². The summed E-state index contributed by atoms with van der Waals surface area (Å²) >= 11 is 5.84. The lowest BCUT2D eigenvalue weighted by Gasteiger charge is -2.39. The molecule has 1 saturated heterocycles. The van der Waals surface area contributed by atoms with Crippen molar-refractivity contribution in [1.29, 1.82) is 0 Å². The molecule has 5 rings (SSSR count). The van der Waals surface area contributed by atoms with Gasteiger partial charge in [-0.3, -0.25) is 0 Å². The first-order valence-corrected chi connectivity index (χ1v) is 11.0. The average Bonchev–Trinajstić information content (AvgIpc) is 3.36. The van der Waals surface area contributed by atoms with Crippen LogP contribution < -0.4 is 19.7 Å². The summed E-state index contributed by atoms with van der Waals surface area (Å²) in [4.78, 5) is 10.7. The zero-order valence-corrected chi connectivity index (χ0v) is 18.6. The van der Waals surface area contributed by atoms with Gasteiger partial charge in [0, 0.05) is 53.8 Å². The molecule has 0 radical (unpaired) electrons. The predicted octanol–water partition coefficient (Wildman–Crippen LogP) is 4.61. The maximum absolute atomic E-state index is 13.6. The third kappa shape index (κ3) is 4.42. The molecular weight excluding hydrogens is 447 g/mol. The van der Waals surface area contributed by atoms with Gasteiger partial charge in [0.25, 0.3) is 0 Å². The Kier molecular flexibility index (Phi) is 4.53. The topological polar surface area (TPSA) is 77.3 Å². The molecule has 0 amide bonds. The Morgan fingerprint density at radius 1 is 1.27 bits per heavy atom. The van der Waals surface area contributed by atoms with Gasteiger partial charge in [0.1, 0.15) is 11.6 Å². The molecule has 1 saturated carbocycles. The molecule has 0 unspecified atom stereocenters. The van der Waals surface area contributed by atoms with Crippen LogP contribution in [-0.4, -0.2) is 46.0 Å². The van der Waals surface area contributed by atoms with Crippen LogP contribution in [0, 0.1) is 17.7 Å². The van der Waals surface area contributed by atoms with Crippen molar-refractivity contribution in [2.45, 2.75) is 32.2 Å². The molecule has 3 heterocycles. The molecule has 174 valence electrons. The Bertz CT molecular complexity index is 1310. The number of hydrogen-bond acceptors (Lipinski definition) is 7. The van der Waals surface area contributed by atoms with E-state index in [0.29, 0.717) is 10.6 Å². The molecule has 3 atom stereocenters. The highest BCUT2D eigenvalue weighted by Crippen LogP contribution is 2.40. The molecule has 1 aromatic carbocycles. The van der Waals surface area contributed by atoms with E-state index in [4.69, 9.17) is 27.9 Å². The van der Waals surface area contributed by atoms with E-state index in [1.807, 2.05) is 12.1 Å². The van der Waals surface area contributed by atoms with Gasteiger partial charge in [-0.1, -0.05) is 11.6 Å². The number of aryl methyl sites for hydroxylation is 1. The van der Waals surface area contributed by atoms with Crippen molar-refractivity contribution in [3.05, 3.63) is 47.4 Å². The minimum Gasteiger partial charge on any atom is -0.481 e. The lowest BCUT2D eigenvalue weighted by molar-refractivity contribution is 0.374. The molecule has 2 aromatic heterocycles. The quantitative estimate of drug-likeness (QED) is 0.532. The number of nitrogens with one attached hydrogen (secondary N) is 1. The van der Waals surface area contributed by atoms with Gasteiger partial charge in [-0.2, -0.15) is 4.98 Å². The van der Waals surface area contributed by atoms with E-state index in [0.717, 1.165) is 37.7 Å². The number of benzene rings is 1. The van der Waals surface area contributed by atoms with Crippen molar-refractivity contribution < 1.29 is 20.7 Å². The van der Waals surface area contributed by atoms with Gasteiger partial charge in [0.2, 0.25) is 11.8 Å². The zero-order chi connectivity index (χ0) is 27.2. The number of ether oxygens (including phenoxy) is 2. The van der Waals surface area contributed by atoms with Gasteiger partial charge < -0.3 is 19.7 Å². The second kappa shape index (κ2) is 9.05. The highest BCUT2D eigenvalue weighted by Gasteiger charge is 2.42. The van der Waals surface area contributed by atoms with Crippen LogP contribution >= 0.6 is 11.6 Å². The minimum absolute atomic E-state index is 0.00224. The fraction of sp³-hybridized carbons (Fsp3) is 0.435. The van der Waals surface area contributed by atoms with E-state index < -0.39 is 25.2 Å². The van der Waals surface area contributed by atoms with E-state index in [9.17, 15) is 4.39 Å². The Morgan fingerprint density at radius 3 is 2.82 bits per heavy atom. The lowest BCUT2D eigenvalue weighted by Crippen LogP contribution is -2.48. The summed E-state index contributed by atoms with van der Waals surface area (Å²) in [6.07, 6.45) is 3.68. The third-order valence-electron chi connectivity index (χ3n) is 6.21. The smallest absolute Gasteiger partial charge is 0.322 e. The number of hydrogen-bond donors (Lipinski definition) is 1. The molecule has 1 aliphatic carbocycles. The average molecular weight is 478 g/mol. The third-order valence-corrected chi connectivity index (χ3v) is 6.50. The predicted molar refractivity (Wildman–Crippen MR) is 124 cm³/mol. The van der Waals surface area contributed by atoms with Crippen molar-refractivity contribution in [2.24, 2.45) is 11.8 Å². The Balaban J connectivity index is 1.39. The summed E-state index contributed by atoms with van der Waals surface area (Å²) in [5.41, 5.74) is 1.02. The Labute approximate surface area is 203 Å². The van der Waals surface area contributed by atoms with Gasteiger partial charge >= 0.3 is 6.01 Å². The Morgan fingerprint density at radius 2 is 2.09 bits per heavy atom. The molecule has 2 bridgehead atoms. The second-order valence-corrected chi connectivity index (χ2v) is 8.56. The molecule has 0 spiro atoms. The number of anilines is 2. The molecule has 33 heavy (non-hydrogen) atoms. The molecule has 3 aromatic rings. The van der Waals surface area contributed by atoms with E-state index in [1.54, 1.807) is 13.3 Å². The van der Waals surface area contributed by atoms with Crippen molar-refractivity contribution in [2.75, 3.05) is 30.4 Å². The molecule has 2 fully saturated rings. The first-order chi connectivity index (χ1) is 18.0. The fourth-order valence-electron chi connectivity index (χ4n) is 4.67. The van der Waals surface area contributed by atoms with Crippen LogP contribution in [0.25, 0.3) is 0 Å². The van der Waals surface area contributed by atoms with Crippen LogP contribution in [0.15, 0.2) is 36.5 Å². The van der Waals surface area contributed by atoms with Gasteiger partial charge in [0.15, 0.2) is 0 Å². The SMILES string of the molecule is [2H]C([2H])([2H])C([2H])([2H])n1nc(N[C@@H]2[C@@H]3CC[C@H]2CN(c2ccnc(OC)c2)C3)nc1Oc1ccc(F)c(Cl)c1. The number of pyridine rings is 1. The molecule has 1 aliphatic heterocycles. The minimum atomic E-state index is -3.06. The van der Waals surface area contributed by atoms with Crippen LogP contribution in [0.5, 0.6) is 17.6 Å². The Hall–Kier alpha value is -3.07. The van der Waals surface area contributed by atoms with Crippen LogP contribution in [0.1, 0.15) is 26.5 Å². The summed E-state index contributed by atoms with van der Waals surface area (Å²) in [7, 11) is 1.58. The monoisotopic (exact) mass is 477 g/mol. The van der Waals surface area contributed by atoms with Crippen LogP contribution in [-0.2, 0) is 6.50 Å². The van der Waals surface area contributed by atoms with Gasteiger partial charge in [-0.15, -0.1) is 5.10 Å². The van der Waals surface area contributed by atoms with Crippen molar-refractivity contribution in [3.63, 3.8) is 0 Å². The summed E-state index contributed by atoms with van der Waals surface area (Å²) in [6.45, 7) is -4.44. The van der Waals surface area contributed by atoms with Crippen LogP contribution in [0.4, 0.5) is 16.0 Å². The number of piperidine rings is 1. The fourth-order valence-corrected chi connectivity index (χ4v) is 4.84. The van der Waals surface area contributed by atoms with E-state index in [2.05, 4.69) is 25.3 Å². The maximum Gasteiger partial charge on any atom is 0.322 e. The largest absolute Gasteiger partial charge is 0.481 e.